The minimum Gasteiger partial charge on any atom is -0.468 e. The van der Waals surface area contributed by atoms with Crippen molar-refractivity contribution in [3.8, 4) is 0 Å². The smallest absolute Gasteiger partial charge is 0.322 e. The standard InChI is InChI=1S/C20H25N3O2/c1-25-20(24)19(21)15-16-7-9-18(10-8-16)23-13-11-22(12-14-23)17-5-3-2-4-6-17/h2-10,19H,11-15,21H2,1H3/t19-/m0/s1. The second kappa shape index (κ2) is 8.03. The van der Waals surface area contributed by atoms with Crippen LogP contribution in [0.2, 0.25) is 0 Å². The maximum atomic E-state index is 11.4. The molecule has 0 unspecified atom stereocenters. The molecule has 0 spiro atoms. The van der Waals surface area contributed by atoms with Crippen molar-refractivity contribution in [2.75, 3.05) is 43.1 Å². The van der Waals surface area contributed by atoms with Gasteiger partial charge >= 0.3 is 5.97 Å². The van der Waals surface area contributed by atoms with E-state index in [1.807, 2.05) is 18.2 Å². The highest BCUT2D eigenvalue weighted by atomic mass is 16.5. The van der Waals surface area contributed by atoms with Crippen LogP contribution in [0.4, 0.5) is 11.4 Å². The van der Waals surface area contributed by atoms with Gasteiger partial charge in [0, 0.05) is 37.6 Å². The van der Waals surface area contributed by atoms with Crippen LogP contribution in [-0.2, 0) is 16.0 Å². The Morgan fingerprint density at radius 3 is 2.00 bits per heavy atom. The molecular weight excluding hydrogens is 314 g/mol. The molecule has 2 N–H and O–H groups in total. The van der Waals surface area contributed by atoms with Gasteiger partial charge in [0.1, 0.15) is 6.04 Å². The summed E-state index contributed by atoms with van der Waals surface area (Å²) in [6.45, 7) is 4.02. The molecule has 0 aromatic heterocycles. The topological polar surface area (TPSA) is 58.8 Å². The maximum Gasteiger partial charge on any atom is 0.322 e. The van der Waals surface area contributed by atoms with E-state index in [0.717, 1.165) is 31.7 Å². The van der Waals surface area contributed by atoms with Gasteiger partial charge < -0.3 is 20.3 Å². The fraction of sp³-hybridized carbons (Fsp3) is 0.350. The summed E-state index contributed by atoms with van der Waals surface area (Å²) < 4.78 is 4.67. The molecule has 1 aliphatic rings. The lowest BCUT2D eigenvalue weighted by molar-refractivity contribution is -0.142. The zero-order valence-electron chi connectivity index (χ0n) is 14.6. The SMILES string of the molecule is COC(=O)[C@@H](N)Cc1ccc(N2CCN(c3ccccc3)CC2)cc1. The Bertz CT molecular complexity index is 680. The first-order chi connectivity index (χ1) is 12.2. The van der Waals surface area contributed by atoms with E-state index in [1.54, 1.807) is 0 Å². The van der Waals surface area contributed by atoms with Crippen molar-refractivity contribution in [2.45, 2.75) is 12.5 Å². The minimum absolute atomic E-state index is 0.374. The third kappa shape index (κ3) is 4.31. The van der Waals surface area contributed by atoms with Crippen LogP contribution in [0.1, 0.15) is 5.56 Å². The highest BCUT2D eigenvalue weighted by Gasteiger charge is 2.18. The normalized spacial score (nSPS) is 15.8. The maximum absolute atomic E-state index is 11.4. The van der Waals surface area contributed by atoms with Crippen LogP contribution in [0.3, 0.4) is 0 Å². The van der Waals surface area contributed by atoms with Crippen molar-refractivity contribution in [1.82, 2.24) is 0 Å². The number of carbonyl (C=O) groups excluding carboxylic acids is 1. The van der Waals surface area contributed by atoms with Crippen molar-refractivity contribution in [2.24, 2.45) is 5.73 Å². The number of nitrogens with zero attached hydrogens (tertiary/aromatic N) is 2. The van der Waals surface area contributed by atoms with Crippen molar-refractivity contribution in [3.05, 3.63) is 60.2 Å². The van der Waals surface area contributed by atoms with E-state index in [1.165, 1.54) is 18.5 Å². The van der Waals surface area contributed by atoms with E-state index in [0.29, 0.717) is 6.42 Å². The average molecular weight is 339 g/mol. The predicted octanol–water partition coefficient (Wildman–Crippen LogP) is 2.06. The summed E-state index contributed by atoms with van der Waals surface area (Å²) in [7, 11) is 1.36. The number of rotatable bonds is 5. The molecule has 0 radical (unpaired) electrons. The van der Waals surface area contributed by atoms with Gasteiger partial charge in [-0.2, -0.15) is 0 Å². The number of piperazine rings is 1. The van der Waals surface area contributed by atoms with E-state index >= 15 is 0 Å². The number of para-hydroxylation sites is 1. The molecule has 0 aliphatic carbocycles. The van der Waals surface area contributed by atoms with Crippen molar-refractivity contribution >= 4 is 17.3 Å². The van der Waals surface area contributed by atoms with Crippen molar-refractivity contribution in [1.29, 1.82) is 0 Å². The fourth-order valence-electron chi connectivity index (χ4n) is 3.19. The van der Waals surface area contributed by atoms with Crippen LogP contribution in [0.5, 0.6) is 0 Å². The molecule has 2 aromatic carbocycles. The molecule has 1 fully saturated rings. The summed E-state index contributed by atoms with van der Waals surface area (Å²) in [5, 5.41) is 0. The highest BCUT2D eigenvalue weighted by molar-refractivity contribution is 5.75. The van der Waals surface area contributed by atoms with Gasteiger partial charge in [0.05, 0.1) is 7.11 Å². The Morgan fingerprint density at radius 2 is 1.48 bits per heavy atom. The largest absolute Gasteiger partial charge is 0.468 e. The summed E-state index contributed by atoms with van der Waals surface area (Å²) in [4.78, 5) is 16.2. The van der Waals surface area contributed by atoms with Crippen molar-refractivity contribution in [3.63, 3.8) is 0 Å². The predicted molar refractivity (Wildman–Crippen MR) is 101 cm³/mol. The summed E-state index contributed by atoms with van der Waals surface area (Å²) >= 11 is 0. The Balaban J connectivity index is 1.56. The van der Waals surface area contributed by atoms with Gasteiger partial charge in [-0.05, 0) is 36.2 Å². The molecule has 2 aromatic rings. The van der Waals surface area contributed by atoms with Gasteiger partial charge in [-0.15, -0.1) is 0 Å². The van der Waals surface area contributed by atoms with Crippen LogP contribution in [0, 0.1) is 0 Å². The number of esters is 1. The van der Waals surface area contributed by atoms with E-state index in [-0.39, 0.29) is 5.97 Å². The van der Waals surface area contributed by atoms with Gasteiger partial charge in [-0.1, -0.05) is 30.3 Å². The van der Waals surface area contributed by atoms with Gasteiger partial charge in [0.2, 0.25) is 0 Å². The molecule has 0 bridgehead atoms. The van der Waals surface area contributed by atoms with Crippen LogP contribution in [-0.4, -0.2) is 45.3 Å². The van der Waals surface area contributed by atoms with Gasteiger partial charge in [-0.25, -0.2) is 0 Å². The summed E-state index contributed by atoms with van der Waals surface area (Å²) in [6.07, 6.45) is 0.495. The number of methoxy groups -OCH3 is 1. The molecular formula is C20H25N3O2. The minimum atomic E-state index is -0.606. The lowest BCUT2D eigenvalue weighted by Gasteiger charge is -2.37. The number of ether oxygens (including phenoxy) is 1. The van der Waals surface area contributed by atoms with E-state index in [2.05, 4.69) is 50.9 Å². The number of benzene rings is 2. The molecule has 132 valence electrons. The van der Waals surface area contributed by atoms with Gasteiger partial charge in [0.15, 0.2) is 0 Å². The zero-order chi connectivity index (χ0) is 17.6. The molecule has 3 rings (SSSR count). The number of hydrogen-bond acceptors (Lipinski definition) is 5. The number of nitrogens with two attached hydrogens (primary N) is 1. The first-order valence-electron chi connectivity index (χ1n) is 8.64. The van der Waals surface area contributed by atoms with Crippen LogP contribution < -0.4 is 15.5 Å². The van der Waals surface area contributed by atoms with Crippen LogP contribution in [0.15, 0.2) is 54.6 Å². The molecule has 0 amide bonds. The molecule has 5 heteroatoms. The lowest BCUT2D eigenvalue weighted by Crippen LogP contribution is -2.46. The second-order valence-corrected chi connectivity index (χ2v) is 6.31. The molecule has 1 atom stereocenters. The third-order valence-electron chi connectivity index (χ3n) is 4.66. The van der Waals surface area contributed by atoms with Gasteiger partial charge in [0.25, 0.3) is 0 Å². The Labute approximate surface area is 149 Å². The molecule has 1 aliphatic heterocycles. The quantitative estimate of drug-likeness (QED) is 0.845. The third-order valence-corrected chi connectivity index (χ3v) is 4.66. The Hall–Kier alpha value is -2.53. The first kappa shape index (κ1) is 17.3. The number of anilines is 2. The monoisotopic (exact) mass is 339 g/mol. The zero-order valence-corrected chi connectivity index (χ0v) is 14.6. The van der Waals surface area contributed by atoms with E-state index in [4.69, 9.17) is 5.73 Å². The van der Waals surface area contributed by atoms with E-state index < -0.39 is 6.04 Å². The van der Waals surface area contributed by atoms with Crippen molar-refractivity contribution < 1.29 is 9.53 Å². The second-order valence-electron chi connectivity index (χ2n) is 6.31. The Kier molecular flexibility index (Phi) is 5.56. The van der Waals surface area contributed by atoms with Gasteiger partial charge in [-0.3, -0.25) is 4.79 Å². The highest BCUT2D eigenvalue weighted by Crippen LogP contribution is 2.21. The number of hydrogen-bond donors (Lipinski definition) is 1. The van der Waals surface area contributed by atoms with E-state index in [9.17, 15) is 4.79 Å². The lowest BCUT2D eigenvalue weighted by atomic mass is 10.1. The number of carbonyl (C=O) groups is 1. The van der Waals surface area contributed by atoms with Crippen LogP contribution in [0.25, 0.3) is 0 Å². The summed E-state index contributed by atoms with van der Waals surface area (Å²) in [6, 6.07) is 18.2. The molecule has 1 saturated heterocycles. The Morgan fingerprint density at radius 1 is 0.960 bits per heavy atom. The summed E-state index contributed by atoms with van der Waals surface area (Å²) in [5.41, 5.74) is 9.36. The van der Waals surface area contributed by atoms with Crippen LogP contribution >= 0.6 is 0 Å². The molecule has 25 heavy (non-hydrogen) atoms. The molecule has 1 heterocycles. The first-order valence-corrected chi connectivity index (χ1v) is 8.64. The average Bonchev–Trinajstić information content (AvgIpc) is 2.68. The fourth-order valence-corrected chi connectivity index (χ4v) is 3.19. The summed E-state index contributed by atoms with van der Waals surface area (Å²) in [5.74, 6) is -0.374. The molecule has 5 nitrogen and oxygen atoms in total. The molecule has 0 saturated carbocycles.